The Labute approximate surface area is 475 Å². The third-order valence-electron chi connectivity index (χ3n) is 13.5. The SMILES string of the molecule is CC/C=C\C/C=C\C/C=C\C/C=C\C/C=C\C/C=C\CCCCCCCCCCCCCCCCC(=O)OCC(COC(=O)CCCCCCC)OC(=O)CCCCCCCCCC/C=C\C/C=C\C/C=C\C/C=C\CC. The number of hydrogen-bond donors (Lipinski definition) is 0. The molecule has 0 aliphatic rings. The van der Waals surface area contributed by atoms with Crippen molar-refractivity contribution < 1.29 is 28.6 Å². The molecule has 6 nitrogen and oxygen atoms in total. The van der Waals surface area contributed by atoms with Crippen molar-refractivity contribution in [1.82, 2.24) is 0 Å². The van der Waals surface area contributed by atoms with Gasteiger partial charge in [-0.3, -0.25) is 14.4 Å². The summed E-state index contributed by atoms with van der Waals surface area (Å²) >= 11 is 0. The predicted molar refractivity (Wildman–Crippen MR) is 334 cm³/mol. The van der Waals surface area contributed by atoms with Crippen LogP contribution in [0.15, 0.2) is 122 Å². The first-order valence-corrected chi connectivity index (χ1v) is 32.0. The molecule has 0 N–H and O–H groups in total. The van der Waals surface area contributed by atoms with Crippen LogP contribution in [0.3, 0.4) is 0 Å². The molecule has 77 heavy (non-hydrogen) atoms. The molecule has 0 saturated carbocycles. The lowest BCUT2D eigenvalue weighted by Crippen LogP contribution is -2.30. The normalized spacial score (nSPS) is 12.9. The highest BCUT2D eigenvalue weighted by Crippen LogP contribution is 2.16. The van der Waals surface area contributed by atoms with Crippen molar-refractivity contribution >= 4 is 17.9 Å². The van der Waals surface area contributed by atoms with Crippen LogP contribution in [-0.4, -0.2) is 37.2 Å². The number of hydrogen-bond acceptors (Lipinski definition) is 6. The first-order valence-electron chi connectivity index (χ1n) is 32.0. The molecular weight excluding hydrogens is 949 g/mol. The molecule has 0 radical (unpaired) electrons. The summed E-state index contributed by atoms with van der Waals surface area (Å²) in [5.74, 6) is -0.900. The van der Waals surface area contributed by atoms with Gasteiger partial charge in [-0.05, 0) is 109 Å². The van der Waals surface area contributed by atoms with Gasteiger partial charge in [-0.1, -0.05) is 284 Å². The molecule has 0 spiro atoms. The first-order chi connectivity index (χ1) is 38.0. The Morgan fingerprint density at radius 2 is 0.506 bits per heavy atom. The Morgan fingerprint density at radius 1 is 0.273 bits per heavy atom. The van der Waals surface area contributed by atoms with Crippen molar-refractivity contribution in [2.45, 2.75) is 297 Å². The Morgan fingerprint density at radius 3 is 0.792 bits per heavy atom. The minimum absolute atomic E-state index is 0.0816. The van der Waals surface area contributed by atoms with E-state index in [0.717, 1.165) is 135 Å². The predicted octanol–water partition coefficient (Wildman–Crippen LogP) is 22.0. The molecule has 0 fully saturated rings. The standard InChI is InChI=1S/C71H118O6/c1-4-7-10-13-15-17-19-21-23-25-27-29-30-31-32-33-34-35-36-37-38-39-40-42-43-45-47-49-51-53-55-58-61-64-70(73)76-67-68(66-75-69(72)63-60-57-12-9-6-3)77-71(74)65-62-59-56-54-52-50-48-46-44-41-28-26-24-22-20-18-16-14-11-8-5-2/h7-8,10-11,15-18,21-24,27-29,31-32,34-35,41,68H,4-6,9,12-14,19-20,25-26,30,33,36-40,42-67H2,1-3H3/b10-7-,11-8-,17-15-,18-16-,23-21-,24-22-,29-27-,32-31-,35-34-,41-28-. The van der Waals surface area contributed by atoms with Crippen LogP contribution < -0.4 is 0 Å². The maximum absolute atomic E-state index is 12.8. The summed E-state index contributed by atoms with van der Waals surface area (Å²) in [6, 6.07) is 0. The highest BCUT2D eigenvalue weighted by atomic mass is 16.6. The number of allylic oxidation sites excluding steroid dienone is 20. The van der Waals surface area contributed by atoms with Gasteiger partial charge in [-0.15, -0.1) is 0 Å². The van der Waals surface area contributed by atoms with Crippen molar-refractivity contribution in [1.29, 1.82) is 0 Å². The molecule has 0 rings (SSSR count). The van der Waals surface area contributed by atoms with E-state index >= 15 is 0 Å². The van der Waals surface area contributed by atoms with E-state index in [1.807, 2.05) is 0 Å². The zero-order valence-corrected chi connectivity index (χ0v) is 50.2. The lowest BCUT2D eigenvalue weighted by atomic mass is 10.0. The molecule has 0 aromatic carbocycles. The number of ether oxygens (including phenoxy) is 3. The Bertz CT molecular complexity index is 1600. The molecule has 0 heterocycles. The van der Waals surface area contributed by atoms with Crippen LogP contribution in [0.1, 0.15) is 290 Å². The smallest absolute Gasteiger partial charge is 0.306 e. The average Bonchev–Trinajstić information content (AvgIpc) is 3.43. The molecule has 6 heteroatoms. The van der Waals surface area contributed by atoms with Crippen molar-refractivity contribution in [3.63, 3.8) is 0 Å². The Hall–Kier alpha value is -4.19. The topological polar surface area (TPSA) is 78.9 Å². The number of carbonyl (C=O) groups is 3. The van der Waals surface area contributed by atoms with Crippen LogP contribution in [0.4, 0.5) is 0 Å². The minimum Gasteiger partial charge on any atom is -0.462 e. The monoisotopic (exact) mass is 1070 g/mol. The van der Waals surface area contributed by atoms with Crippen molar-refractivity contribution in [3.05, 3.63) is 122 Å². The zero-order chi connectivity index (χ0) is 55.7. The van der Waals surface area contributed by atoms with Crippen molar-refractivity contribution in [2.24, 2.45) is 0 Å². The summed E-state index contributed by atoms with van der Waals surface area (Å²) in [5.41, 5.74) is 0. The van der Waals surface area contributed by atoms with Crippen molar-refractivity contribution in [2.75, 3.05) is 13.2 Å². The van der Waals surface area contributed by atoms with Crippen LogP contribution in [0.25, 0.3) is 0 Å². The quantitative estimate of drug-likeness (QED) is 0.0261. The largest absolute Gasteiger partial charge is 0.462 e. The molecular formula is C71H118O6. The van der Waals surface area contributed by atoms with Gasteiger partial charge in [-0.2, -0.15) is 0 Å². The van der Waals surface area contributed by atoms with Gasteiger partial charge in [0.1, 0.15) is 13.2 Å². The van der Waals surface area contributed by atoms with E-state index in [-0.39, 0.29) is 31.1 Å². The lowest BCUT2D eigenvalue weighted by molar-refractivity contribution is -0.167. The number of unbranched alkanes of at least 4 members (excludes halogenated alkanes) is 26. The molecule has 0 bridgehead atoms. The zero-order valence-electron chi connectivity index (χ0n) is 50.2. The second kappa shape index (κ2) is 64.3. The number of esters is 3. The van der Waals surface area contributed by atoms with Crippen LogP contribution in [0, 0.1) is 0 Å². The second-order valence-corrected chi connectivity index (χ2v) is 20.9. The minimum atomic E-state index is -0.781. The van der Waals surface area contributed by atoms with E-state index < -0.39 is 6.10 Å². The second-order valence-electron chi connectivity index (χ2n) is 20.9. The Kier molecular flexibility index (Phi) is 60.8. The van der Waals surface area contributed by atoms with Gasteiger partial charge in [0.05, 0.1) is 0 Å². The van der Waals surface area contributed by atoms with E-state index in [2.05, 4.69) is 142 Å². The molecule has 0 amide bonds. The summed E-state index contributed by atoms with van der Waals surface area (Å²) < 4.78 is 16.8. The maximum atomic E-state index is 12.8. The summed E-state index contributed by atoms with van der Waals surface area (Å²) in [6.45, 7) is 6.33. The van der Waals surface area contributed by atoms with E-state index in [0.29, 0.717) is 19.3 Å². The van der Waals surface area contributed by atoms with Gasteiger partial charge >= 0.3 is 17.9 Å². The fraction of sp³-hybridized carbons (Fsp3) is 0.676. The van der Waals surface area contributed by atoms with Crippen LogP contribution >= 0.6 is 0 Å². The van der Waals surface area contributed by atoms with Gasteiger partial charge < -0.3 is 14.2 Å². The van der Waals surface area contributed by atoms with Crippen LogP contribution in [0.5, 0.6) is 0 Å². The van der Waals surface area contributed by atoms with Crippen LogP contribution in [0.2, 0.25) is 0 Å². The van der Waals surface area contributed by atoms with Gasteiger partial charge in [0.2, 0.25) is 0 Å². The summed E-state index contributed by atoms with van der Waals surface area (Å²) in [5, 5.41) is 0. The van der Waals surface area contributed by atoms with E-state index in [1.165, 1.54) is 116 Å². The molecule has 0 aliphatic carbocycles. The third-order valence-corrected chi connectivity index (χ3v) is 13.5. The molecule has 0 aromatic heterocycles. The average molecular weight is 1070 g/mol. The summed E-state index contributed by atoms with van der Waals surface area (Å²) in [4.78, 5) is 37.9. The fourth-order valence-electron chi connectivity index (χ4n) is 8.73. The van der Waals surface area contributed by atoms with E-state index in [1.54, 1.807) is 0 Å². The van der Waals surface area contributed by atoms with Gasteiger partial charge in [0.25, 0.3) is 0 Å². The maximum Gasteiger partial charge on any atom is 0.306 e. The number of carbonyl (C=O) groups excluding carboxylic acids is 3. The highest BCUT2D eigenvalue weighted by Gasteiger charge is 2.19. The number of rotatable bonds is 57. The van der Waals surface area contributed by atoms with E-state index in [4.69, 9.17) is 14.2 Å². The molecule has 438 valence electrons. The van der Waals surface area contributed by atoms with E-state index in [9.17, 15) is 14.4 Å². The summed E-state index contributed by atoms with van der Waals surface area (Å²) in [7, 11) is 0. The summed E-state index contributed by atoms with van der Waals surface area (Å²) in [6.07, 6.45) is 89.7. The highest BCUT2D eigenvalue weighted by molar-refractivity contribution is 5.71. The molecule has 0 aromatic rings. The van der Waals surface area contributed by atoms with Gasteiger partial charge in [0, 0.05) is 19.3 Å². The first kappa shape index (κ1) is 72.8. The lowest BCUT2D eigenvalue weighted by Gasteiger charge is -2.18. The fourth-order valence-corrected chi connectivity index (χ4v) is 8.73. The van der Waals surface area contributed by atoms with Gasteiger partial charge in [-0.25, -0.2) is 0 Å². The van der Waals surface area contributed by atoms with Crippen LogP contribution in [-0.2, 0) is 28.6 Å². The van der Waals surface area contributed by atoms with Gasteiger partial charge in [0.15, 0.2) is 6.10 Å². The molecule has 0 aliphatic heterocycles. The molecule has 1 unspecified atom stereocenters. The third kappa shape index (κ3) is 62.5. The van der Waals surface area contributed by atoms with Crippen molar-refractivity contribution in [3.8, 4) is 0 Å². The molecule has 0 saturated heterocycles. The Balaban J connectivity index is 4.02. The molecule has 1 atom stereocenters.